The fourth-order valence-corrected chi connectivity index (χ4v) is 2.25. The lowest BCUT2D eigenvalue weighted by atomic mass is 10.1. The molecule has 0 aliphatic heterocycles. The van der Waals surface area contributed by atoms with Gasteiger partial charge in [0.15, 0.2) is 5.69 Å². The third kappa shape index (κ3) is 3.30. The smallest absolute Gasteiger partial charge is 0.418 e. The van der Waals surface area contributed by atoms with Crippen molar-refractivity contribution in [3.63, 3.8) is 0 Å². The average Bonchev–Trinajstić information content (AvgIpc) is 2.88. The zero-order valence-electron chi connectivity index (χ0n) is 12.9. The van der Waals surface area contributed by atoms with Gasteiger partial charge in [-0.3, -0.25) is 0 Å². The SMILES string of the molecule is COC(=O)c1c(N)c(C#N)cn1-c1cc(C(F)(F)F)ccc1C(F)(F)F. The molecular weight excluding hydrogens is 368 g/mol. The van der Waals surface area contributed by atoms with Gasteiger partial charge in [-0.2, -0.15) is 31.6 Å². The maximum atomic E-state index is 13.3. The summed E-state index contributed by atoms with van der Waals surface area (Å²) in [6, 6.07) is 2.27. The summed E-state index contributed by atoms with van der Waals surface area (Å²) in [5.41, 5.74) is 0.141. The normalized spacial score (nSPS) is 11.9. The number of aromatic nitrogens is 1. The summed E-state index contributed by atoms with van der Waals surface area (Å²) < 4.78 is 83.4. The monoisotopic (exact) mass is 377 g/mol. The first-order chi connectivity index (χ1) is 11.9. The number of nitriles is 1. The molecule has 0 unspecified atom stereocenters. The van der Waals surface area contributed by atoms with Gasteiger partial charge < -0.3 is 15.0 Å². The molecule has 26 heavy (non-hydrogen) atoms. The van der Waals surface area contributed by atoms with E-state index in [9.17, 15) is 31.1 Å². The van der Waals surface area contributed by atoms with Gasteiger partial charge in [0, 0.05) is 6.20 Å². The number of benzene rings is 1. The van der Waals surface area contributed by atoms with Crippen molar-refractivity contribution >= 4 is 11.7 Å². The molecule has 0 atom stereocenters. The van der Waals surface area contributed by atoms with Crippen LogP contribution in [0, 0.1) is 11.3 Å². The Balaban J connectivity index is 2.91. The first-order valence-corrected chi connectivity index (χ1v) is 6.69. The quantitative estimate of drug-likeness (QED) is 0.638. The summed E-state index contributed by atoms with van der Waals surface area (Å²) in [5.74, 6) is -1.21. The van der Waals surface area contributed by atoms with Crippen molar-refractivity contribution in [1.82, 2.24) is 4.57 Å². The lowest BCUT2D eigenvalue weighted by molar-refractivity contribution is -0.141. The number of esters is 1. The molecule has 2 N–H and O–H groups in total. The van der Waals surface area contributed by atoms with Crippen LogP contribution in [0.3, 0.4) is 0 Å². The molecule has 0 amide bonds. The number of methoxy groups -OCH3 is 1. The minimum absolute atomic E-state index is 0.218. The molecule has 1 aromatic carbocycles. The predicted molar refractivity (Wildman–Crippen MR) is 76.2 cm³/mol. The first-order valence-electron chi connectivity index (χ1n) is 6.69. The molecule has 138 valence electrons. The lowest BCUT2D eigenvalue weighted by Crippen LogP contribution is -2.17. The van der Waals surface area contributed by atoms with Crippen molar-refractivity contribution in [1.29, 1.82) is 5.26 Å². The molecule has 5 nitrogen and oxygen atoms in total. The van der Waals surface area contributed by atoms with Crippen molar-refractivity contribution in [2.45, 2.75) is 12.4 Å². The van der Waals surface area contributed by atoms with Gasteiger partial charge in [-0.25, -0.2) is 4.79 Å². The largest absolute Gasteiger partial charge is 0.464 e. The van der Waals surface area contributed by atoms with Gasteiger partial charge in [0.05, 0.1) is 35.2 Å². The second-order valence-corrected chi connectivity index (χ2v) is 5.01. The molecule has 0 aliphatic rings. The van der Waals surface area contributed by atoms with Crippen LogP contribution in [0.15, 0.2) is 24.4 Å². The molecular formula is C15H9F6N3O2. The number of hydrogen-bond donors (Lipinski definition) is 1. The standard InChI is InChI=1S/C15H9F6N3O2/c1-26-13(25)12-11(23)7(5-22)6-24(12)10-4-8(14(16,17)18)2-3-9(10)15(19,20)21/h2-4,6H,23H2,1H3. The third-order valence-corrected chi connectivity index (χ3v) is 3.43. The Labute approximate surface area is 142 Å². The van der Waals surface area contributed by atoms with E-state index in [-0.39, 0.29) is 18.2 Å². The van der Waals surface area contributed by atoms with Gasteiger partial charge in [-0.15, -0.1) is 0 Å². The van der Waals surface area contributed by atoms with E-state index >= 15 is 0 Å². The highest BCUT2D eigenvalue weighted by Gasteiger charge is 2.38. The Morgan fingerprint density at radius 2 is 1.81 bits per heavy atom. The van der Waals surface area contributed by atoms with Crippen LogP contribution in [0.2, 0.25) is 0 Å². The molecule has 0 saturated carbocycles. The Morgan fingerprint density at radius 1 is 1.19 bits per heavy atom. The summed E-state index contributed by atoms with van der Waals surface area (Å²) in [6.07, 6.45) is -9.22. The molecule has 0 fully saturated rings. The van der Waals surface area contributed by atoms with Crippen molar-refractivity contribution in [3.05, 3.63) is 46.8 Å². The van der Waals surface area contributed by atoms with Gasteiger partial charge in [-0.05, 0) is 18.2 Å². The lowest BCUT2D eigenvalue weighted by Gasteiger charge is -2.18. The van der Waals surface area contributed by atoms with Crippen molar-refractivity contribution < 1.29 is 35.9 Å². The van der Waals surface area contributed by atoms with Crippen LogP contribution < -0.4 is 5.73 Å². The highest BCUT2D eigenvalue weighted by atomic mass is 19.4. The van der Waals surface area contributed by atoms with Gasteiger partial charge in [0.25, 0.3) is 0 Å². The molecule has 2 rings (SSSR count). The Morgan fingerprint density at radius 3 is 2.27 bits per heavy atom. The van der Waals surface area contributed by atoms with Gasteiger partial charge in [0.1, 0.15) is 6.07 Å². The second-order valence-electron chi connectivity index (χ2n) is 5.01. The highest BCUT2D eigenvalue weighted by molar-refractivity contribution is 5.96. The highest BCUT2D eigenvalue weighted by Crippen LogP contribution is 2.39. The first kappa shape index (κ1) is 19.2. The average molecular weight is 377 g/mol. The number of ether oxygens (including phenoxy) is 1. The maximum Gasteiger partial charge on any atom is 0.418 e. The number of carbonyl (C=O) groups is 1. The number of carbonyl (C=O) groups excluding carboxylic acids is 1. The van der Waals surface area contributed by atoms with Crippen LogP contribution >= 0.6 is 0 Å². The van der Waals surface area contributed by atoms with Crippen molar-refractivity contribution in [2.24, 2.45) is 0 Å². The van der Waals surface area contributed by atoms with Gasteiger partial charge in [0.2, 0.25) is 0 Å². The Kier molecular flexibility index (Phi) is 4.64. The van der Waals surface area contributed by atoms with Crippen LogP contribution in [-0.2, 0) is 17.1 Å². The van der Waals surface area contributed by atoms with Crippen molar-refractivity contribution in [3.8, 4) is 11.8 Å². The van der Waals surface area contributed by atoms with E-state index in [0.717, 1.165) is 13.3 Å². The Bertz CT molecular complexity index is 906. The predicted octanol–water partition coefficient (Wildman–Crippen LogP) is 3.76. The molecule has 0 aliphatic carbocycles. The zero-order chi connectivity index (χ0) is 19.9. The van der Waals surface area contributed by atoms with Crippen LogP contribution in [-0.4, -0.2) is 17.6 Å². The second kappa shape index (κ2) is 6.29. The van der Waals surface area contributed by atoms with E-state index in [1.807, 2.05) is 0 Å². The molecule has 0 saturated heterocycles. The zero-order valence-corrected chi connectivity index (χ0v) is 12.9. The topological polar surface area (TPSA) is 81.0 Å². The van der Waals surface area contributed by atoms with E-state index in [1.165, 1.54) is 0 Å². The number of anilines is 1. The number of alkyl halides is 6. The number of nitrogens with zero attached hydrogens (tertiary/aromatic N) is 2. The summed E-state index contributed by atoms with van der Waals surface area (Å²) >= 11 is 0. The fourth-order valence-electron chi connectivity index (χ4n) is 2.25. The van der Waals surface area contributed by atoms with E-state index < -0.39 is 52.1 Å². The van der Waals surface area contributed by atoms with Crippen LogP contribution in [0.1, 0.15) is 27.2 Å². The molecule has 0 spiro atoms. The van der Waals surface area contributed by atoms with E-state index in [2.05, 4.69) is 4.74 Å². The molecule has 1 heterocycles. The molecule has 11 heteroatoms. The minimum Gasteiger partial charge on any atom is -0.464 e. The molecule has 1 aromatic heterocycles. The van der Waals surface area contributed by atoms with Crippen molar-refractivity contribution in [2.75, 3.05) is 12.8 Å². The summed E-state index contributed by atoms with van der Waals surface area (Å²) in [6.45, 7) is 0. The summed E-state index contributed by atoms with van der Waals surface area (Å²) in [7, 11) is 0.905. The number of nitrogens with two attached hydrogens (primary N) is 1. The minimum atomic E-state index is -5.03. The summed E-state index contributed by atoms with van der Waals surface area (Å²) in [4.78, 5) is 11.9. The number of rotatable bonds is 2. The molecule has 2 aromatic rings. The number of nitrogen functional groups attached to an aromatic ring is 1. The third-order valence-electron chi connectivity index (χ3n) is 3.43. The Hall–Kier alpha value is -3.16. The number of hydrogen-bond acceptors (Lipinski definition) is 4. The fraction of sp³-hybridized carbons (Fsp3) is 0.200. The van der Waals surface area contributed by atoms with Gasteiger partial charge in [-0.1, -0.05) is 0 Å². The van der Waals surface area contributed by atoms with Gasteiger partial charge >= 0.3 is 18.3 Å². The molecule has 0 radical (unpaired) electrons. The van der Waals surface area contributed by atoms with Crippen LogP contribution in [0.4, 0.5) is 32.0 Å². The van der Waals surface area contributed by atoms with E-state index in [4.69, 9.17) is 11.0 Å². The number of halogens is 6. The van der Waals surface area contributed by atoms with E-state index in [0.29, 0.717) is 4.57 Å². The van der Waals surface area contributed by atoms with E-state index in [1.54, 1.807) is 6.07 Å². The summed E-state index contributed by atoms with van der Waals surface area (Å²) in [5, 5.41) is 8.97. The van der Waals surface area contributed by atoms with Crippen LogP contribution in [0.25, 0.3) is 5.69 Å². The van der Waals surface area contributed by atoms with Crippen LogP contribution in [0.5, 0.6) is 0 Å². The maximum absolute atomic E-state index is 13.3. The molecule has 0 bridgehead atoms.